The van der Waals surface area contributed by atoms with Gasteiger partial charge in [0.05, 0.1) is 11.3 Å². The van der Waals surface area contributed by atoms with Gasteiger partial charge in [0.2, 0.25) is 0 Å². The van der Waals surface area contributed by atoms with Crippen LogP contribution in [0.25, 0.3) is 0 Å². The second-order valence-electron chi connectivity index (χ2n) is 3.93. The van der Waals surface area contributed by atoms with Crippen molar-refractivity contribution in [3.8, 4) is 6.07 Å². The lowest BCUT2D eigenvalue weighted by atomic mass is 10.2. The molecule has 0 bridgehead atoms. The molecule has 2 aromatic rings. The zero-order valence-corrected chi connectivity index (χ0v) is 11.3. The summed E-state index contributed by atoms with van der Waals surface area (Å²) in [7, 11) is 0. The van der Waals surface area contributed by atoms with Gasteiger partial charge in [0, 0.05) is 5.56 Å². The van der Waals surface area contributed by atoms with E-state index in [2.05, 4.69) is 16.7 Å². The van der Waals surface area contributed by atoms with Gasteiger partial charge < -0.3 is 5.32 Å². The maximum atomic E-state index is 11.9. The molecule has 4 nitrogen and oxygen atoms in total. The van der Waals surface area contributed by atoms with Crippen molar-refractivity contribution in [2.45, 2.75) is 0 Å². The number of nitrogens with zero attached hydrogens (tertiary/aromatic N) is 1. The number of para-hydroxylation sites is 1. The maximum absolute atomic E-state index is 11.9. The highest BCUT2D eigenvalue weighted by Gasteiger charge is 2.08. The lowest BCUT2D eigenvalue weighted by Gasteiger charge is -2.10. The number of anilines is 1. The number of benzene rings is 2. The minimum Gasteiger partial charge on any atom is -0.331 e. The highest BCUT2D eigenvalue weighted by molar-refractivity contribution is 7.80. The highest BCUT2D eigenvalue weighted by Crippen LogP contribution is 2.13. The molecule has 98 valence electrons. The van der Waals surface area contributed by atoms with Crippen molar-refractivity contribution in [2.24, 2.45) is 0 Å². The number of nitrogens with one attached hydrogen (secondary N) is 2. The van der Waals surface area contributed by atoms with Gasteiger partial charge in [-0.25, -0.2) is 0 Å². The second-order valence-corrected chi connectivity index (χ2v) is 4.34. The molecule has 2 N–H and O–H groups in total. The van der Waals surface area contributed by atoms with Gasteiger partial charge in [-0.15, -0.1) is 0 Å². The molecule has 20 heavy (non-hydrogen) atoms. The van der Waals surface area contributed by atoms with E-state index in [0.717, 1.165) is 0 Å². The lowest BCUT2D eigenvalue weighted by Crippen LogP contribution is -2.34. The first-order valence-electron chi connectivity index (χ1n) is 5.87. The monoisotopic (exact) mass is 281 g/mol. The summed E-state index contributed by atoms with van der Waals surface area (Å²) in [5.41, 5.74) is 1.54. The summed E-state index contributed by atoms with van der Waals surface area (Å²) in [4.78, 5) is 11.9. The van der Waals surface area contributed by atoms with Crippen molar-refractivity contribution < 1.29 is 4.79 Å². The van der Waals surface area contributed by atoms with E-state index >= 15 is 0 Å². The fourth-order valence-corrected chi connectivity index (χ4v) is 1.81. The van der Waals surface area contributed by atoms with Crippen LogP contribution in [-0.4, -0.2) is 11.0 Å². The van der Waals surface area contributed by atoms with Crippen LogP contribution in [0.15, 0.2) is 54.6 Å². The van der Waals surface area contributed by atoms with Crippen LogP contribution in [-0.2, 0) is 0 Å². The Bertz CT molecular complexity index is 677. The first kappa shape index (κ1) is 13.7. The van der Waals surface area contributed by atoms with E-state index in [-0.39, 0.29) is 11.0 Å². The predicted octanol–water partition coefficient (Wildman–Crippen LogP) is 2.69. The average molecular weight is 281 g/mol. The number of amides is 1. The summed E-state index contributed by atoms with van der Waals surface area (Å²) in [5.74, 6) is -0.294. The first-order valence-corrected chi connectivity index (χ1v) is 6.28. The first-order chi connectivity index (χ1) is 9.70. The summed E-state index contributed by atoms with van der Waals surface area (Å²) in [5, 5.41) is 14.5. The normalized spacial score (nSPS) is 9.35. The number of thiocarbonyl (C=S) groups is 1. The van der Waals surface area contributed by atoms with Gasteiger partial charge in [-0.05, 0) is 36.5 Å². The summed E-state index contributed by atoms with van der Waals surface area (Å²) < 4.78 is 0. The molecule has 0 fully saturated rings. The van der Waals surface area contributed by atoms with Crippen LogP contribution in [0.4, 0.5) is 5.69 Å². The van der Waals surface area contributed by atoms with Gasteiger partial charge in [-0.2, -0.15) is 5.26 Å². The third kappa shape index (κ3) is 3.40. The molecular weight excluding hydrogens is 270 g/mol. The lowest BCUT2D eigenvalue weighted by molar-refractivity contribution is 0.0978. The van der Waals surface area contributed by atoms with Crippen LogP contribution in [0.1, 0.15) is 15.9 Å². The molecule has 0 atom stereocenters. The summed E-state index contributed by atoms with van der Waals surface area (Å²) in [6.07, 6.45) is 0. The Balaban J connectivity index is 2.03. The maximum Gasteiger partial charge on any atom is 0.257 e. The summed E-state index contributed by atoms with van der Waals surface area (Å²) in [6.45, 7) is 0. The predicted molar refractivity (Wildman–Crippen MR) is 81.3 cm³/mol. The Hall–Kier alpha value is -2.71. The van der Waals surface area contributed by atoms with Gasteiger partial charge in [-0.3, -0.25) is 10.1 Å². The van der Waals surface area contributed by atoms with Crippen molar-refractivity contribution in [1.82, 2.24) is 5.32 Å². The Morgan fingerprint density at radius 2 is 1.70 bits per heavy atom. The molecule has 0 saturated heterocycles. The van der Waals surface area contributed by atoms with E-state index < -0.39 is 0 Å². The molecule has 0 aliphatic heterocycles. The Labute approximate surface area is 122 Å². The van der Waals surface area contributed by atoms with Gasteiger partial charge in [0.1, 0.15) is 6.07 Å². The smallest absolute Gasteiger partial charge is 0.257 e. The molecule has 0 aliphatic rings. The molecule has 0 radical (unpaired) electrons. The summed E-state index contributed by atoms with van der Waals surface area (Å²) in [6, 6.07) is 17.8. The van der Waals surface area contributed by atoms with E-state index in [0.29, 0.717) is 16.8 Å². The Kier molecular flexibility index (Phi) is 4.43. The zero-order valence-electron chi connectivity index (χ0n) is 10.5. The number of rotatable bonds is 2. The van der Waals surface area contributed by atoms with E-state index in [9.17, 15) is 4.79 Å². The van der Waals surface area contributed by atoms with Crippen LogP contribution < -0.4 is 10.6 Å². The number of nitriles is 1. The molecule has 0 heterocycles. The van der Waals surface area contributed by atoms with Crippen molar-refractivity contribution in [3.05, 3.63) is 65.7 Å². The second kappa shape index (κ2) is 6.45. The van der Waals surface area contributed by atoms with Gasteiger partial charge in [0.25, 0.3) is 5.91 Å². The van der Waals surface area contributed by atoms with Crippen LogP contribution in [0.5, 0.6) is 0 Å². The van der Waals surface area contributed by atoms with E-state index in [1.807, 2.05) is 6.07 Å². The molecular formula is C15H11N3OS. The molecule has 0 spiro atoms. The van der Waals surface area contributed by atoms with E-state index in [1.54, 1.807) is 48.5 Å². The summed E-state index contributed by atoms with van der Waals surface area (Å²) >= 11 is 5.07. The van der Waals surface area contributed by atoms with Crippen molar-refractivity contribution >= 4 is 28.9 Å². The van der Waals surface area contributed by atoms with Crippen LogP contribution in [0, 0.1) is 11.3 Å². The molecule has 0 aliphatic carbocycles. The van der Waals surface area contributed by atoms with Gasteiger partial charge in [-0.1, -0.05) is 30.3 Å². The SMILES string of the molecule is N#Cc1ccccc1NC(=S)NC(=O)c1ccccc1. The van der Waals surface area contributed by atoms with Crippen molar-refractivity contribution in [3.63, 3.8) is 0 Å². The van der Waals surface area contributed by atoms with Crippen LogP contribution in [0.3, 0.4) is 0 Å². The van der Waals surface area contributed by atoms with Crippen LogP contribution in [0.2, 0.25) is 0 Å². The number of carbonyl (C=O) groups excluding carboxylic acids is 1. The molecule has 5 heteroatoms. The minimum atomic E-state index is -0.294. The van der Waals surface area contributed by atoms with Crippen LogP contribution >= 0.6 is 12.2 Å². The topological polar surface area (TPSA) is 64.9 Å². The fraction of sp³-hybridized carbons (Fsp3) is 0. The quantitative estimate of drug-likeness (QED) is 0.831. The largest absolute Gasteiger partial charge is 0.331 e. The van der Waals surface area contributed by atoms with Gasteiger partial charge in [0.15, 0.2) is 5.11 Å². The molecule has 2 rings (SSSR count). The third-order valence-corrected chi connectivity index (χ3v) is 2.76. The van der Waals surface area contributed by atoms with Gasteiger partial charge >= 0.3 is 0 Å². The minimum absolute atomic E-state index is 0.154. The number of carbonyl (C=O) groups is 1. The Morgan fingerprint density at radius 3 is 2.40 bits per heavy atom. The average Bonchev–Trinajstić information content (AvgIpc) is 2.48. The van der Waals surface area contributed by atoms with E-state index in [1.165, 1.54) is 0 Å². The molecule has 0 saturated carbocycles. The number of hydrogen-bond acceptors (Lipinski definition) is 3. The number of hydrogen-bond donors (Lipinski definition) is 2. The van der Waals surface area contributed by atoms with Crippen molar-refractivity contribution in [2.75, 3.05) is 5.32 Å². The fourth-order valence-electron chi connectivity index (χ4n) is 1.61. The highest BCUT2D eigenvalue weighted by atomic mass is 32.1. The molecule has 1 amide bonds. The zero-order chi connectivity index (χ0) is 14.4. The third-order valence-electron chi connectivity index (χ3n) is 2.56. The van der Waals surface area contributed by atoms with E-state index in [4.69, 9.17) is 17.5 Å². The Morgan fingerprint density at radius 1 is 1.05 bits per heavy atom. The van der Waals surface area contributed by atoms with Crippen molar-refractivity contribution in [1.29, 1.82) is 5.26 Å². The molecule has 0 aromatic heterocycles. The standard InChI is InChI=1S/C15H11N3OS/c16-10-12-8-4-5-9-13(12)17-15(20)18-14(19)11-6-2-1-3-7-11/h1-9H,(H2,17,18,19,20). The molecule has 2 aromatic carbocycles. The molecule has 0 unspecified atom stereocenters.